The summed E-state index contributed by atoms with van der Waals surface area (Å²) in [5.41, 5.74) is 0.412. The van der Waals surface area contributed by atoms with Crippen molar-refractivity contribution in [3.8, 4) is 0 Å². The van der Waals surface area contributed by atoms with E-state index >= 15 is 0 Å². The van der Waals surface area contributed by atoms with Crippen LogP contribution in [0.1, 0.15) is 5.56 Å². The molecule has 0 aliphatic rings. The van der Waals surface area contributed by atoms with Gasteiger partial charge in [-0.2, -0.15) is 13.2 Å². The second kappa shape index (κ2) is 6.00. The average molecular weight is 352 g/mol. The first kappa shape index (κ1) is 16.1. The summed E-state index contributed by atoms with van der Waals surface area (Å²) >= 11 is 5.06. The molecule has 0 spiro atoms. The van der Waals surface area contributed by atoms with Crippen molar-refractivity contribution in [2.24, 2.45) is 0 Å². The largest absolute Gasteiger partial charge is 0.418 e. The minimum absolute atomic E-state index is 0.00364. The maximum absolute atomic E-state index is 13.0. The number of aromatic amines is 2. The summed E-state index contributed by atoms with van der Waals surface area (Å²) in [5, 5.41) is 5.33. The Kier molecular flexibility index (Phi) is 4.02. The van der Waals surface area contributed by atoms with E-state index in [1.165, 1.54) is 18.2 Å². The molecule has 24 heavy (non-hydrogen) atoms. The fourth-order valence-electron chi connectivity index (χ4n) is 2.23. The van der Waals surface area contributed by atoms with Gasteiger partial charge in [0, 0.05) is 5.69 Å². The van der Waals surface area contributed by atoms with Gasteiger partial charge in [-0.15, -0.1) is 0 Å². The molecule has 0 radical (unpaired) electrons. The zero-order valence-corrected chi connectivity index (χ0v) is 12.8. The molecule has 2 aromatic carbocycles. The summed E-state index contributed by atoms with van der Waals surface area (Å²) < 4.78 is 38.9. The van der Waals surface area contributed by atoms with Crippen LogP contribution in [0.5, 0.6) is 0 Å². The van der Waals surface area contributed by atoms with E-state index in [1.54, 1.807) is 18.2 Å². The van der Waals surface area contributed by atoms with Gasteiger partial charge < -0.3 is 20.6 Å². The highest BCUT2D eigenvalue weighted by Gasteiger charge is 2.33. The van der Waals surface area contributed by atoms with Gasteiger partial charge >= 0.3 is 11.9 Å². The molecule has 4 N–H and O–H groups in total. The Morgan fingerprint density at radius 3 is 2.46 bits per heavy atom. The molecular weight excluding hydrogens is 341 g/mol. The second-order valence-corrected chi connectivity index (χ2v) is 5.37. The maximum Gasteiger partial charge on any atom is 0.418 e. The van der Waals surface area contributed by atoms with Gasteiger partial charge in [-0.25, -0.2) is 4.79 Å². The number of rotatable bonds is 2. The SMILES string of the molecule is O=c1[nH]c2ccc(NC(=S)Nc3ccccc3C(F)(F)F)cc2[nH]1. The van der Waals surface area contributed by atoms with Crippen LogP contribution in [0, 0.1) is 0 Å². The van der Waals surface area contributed by atoms with Crippen molar-refractivity contribution in [2.45, 2.75) is 6.18 Å². The number of para-hydroxylation sites is 1. The Labute approximate surface area is 138 Å². The zero-order valence-electron chi connectivity index (χ0n) is 12.0. The first-order chi connectivity index (χ1) is 11.3. The van der Waals surface area contributed by atoms with Gasteiger partial charge in [-0.3, -0.25) is 0 Å². The number of H-pyrrole nitrogens is 2. The van der Waals surface area contributed by atoms with E-state index in [4.69, 9.17) is 12.2 Å². The summed E-state index contributed by atoms with van der Waals surface area (Å²) in [6.45, 7) is 0. The van der Waals surface area contributed by atoms with Gasteiger partial charge in [0.2, 0.25) is 0 Å². The lowest BCUT2D eigenvalue weighted by atomic mass is 10.1. The topological polar surface area (TPSA) is 72.7 Å². The van der Waals surface area contributed by atoms with Crippen molar-refractivity contribution < 1.29 is 13.2 Å². The number of nitrogens with one attached hydrogen (secondary N) is 4. The van der Waals surface area contributed by atoms with E-state index in [2.05, 4.69) is 20.6 Å². The van der Waals surface area contributed by atoms with E-state index in [1.807, 2.05) is 0 Å². The summed E-state index contributed by atoms with van der Waals surface area (Å²) in [5.74, 6) is 0. The highest BCUT2D eigenvalue weighted by atomic mass is 32.1. The van der Waals surface area contributed by atoms with E-state index in [-0.39, 0.29) is 16.5 Å². The summed E-state index contributed by atoms with van der Waals surface area (Å²) in [6, 6.07) is 9.98. The normalized spacial score (nSPS) is 11.5. The molecule has 0 fully saturated rings. The Morgan fingerprint density at radius 1 is 1.00 bits per heavy atom. The van der Waals surface area contributed by atoms with Gasteiger partial charge in [0.05, 0.1) is 22.3 Å². The predicted octanol–water partition coefficient (Wildman–Crippen LogP) is 3.68. The fraction of sp³-hybridized carbons (Fsp3) is 0.0667. The van der Waals surface area contributed by atoms with Crippen molar-refractivity contribution in [1.82, 2.24) is 9.97 Å². The first-order valence-corrected chi connectivity index (χ1v) is 7.20. The smallest absolute Gasteiger partial charge is 0.332 e. The third-order valence-electron chi connectivity index (χ3n) is 3.25. The minimum Gasteiger partial charge on any atom is -0.332 e. The van der Waals surface area contributed by atoms with Crippen molar-refractivity contribution in [2.75, 3.05) is 10.6 Å². The molecule has 0 aliphatic heterocycles. The molecule has 0 saturated carbocycles. The lowest BCUT2D eigenvalue weighted by molar-refractivity contribution is -0.136. The van der Waals surface area contributed by atoms with Gasteiger partial charge in [0.15, 0.2) is 5.11 Å². The van der Waals surface area contributed by atoms with Crippen LogP contribution in [-0.2, 0) is 6.18 Å². The van der Waals surface area contributed by atoms with Gasteiger partial charge in [0.25, 0.3) is 0 Å². The standard InChI is InChI=1S/C15H11F3N4OS/c16-15(17,18)9-3-1-2-4-10(9)22-14(24)19-8-5-6-11-12(7-8)21-13(23)20-11/h1-7H,(H2,19,22,24)(H2,20,21,23). The number of hydrogen-bond donors (Lipinski definition) is 4. The van der Waals surface area contributed by atoms with Crippen LogP contribution in [0.2, 0.25) is 0 Å². The maximum atomic E-state index is 13.0. The van der Waals surface area contributed by atoms with Gasteiger partial charge in [-0.1, -0.05) is 12.1 Å². The van der Waals surface area contributed by atoms with Gasteiger partial charge in [-0.05, 0) is 42.5 Å². The monoisotopic (exact) mass is 352 g/mol. The van der Waals surface area contributed by atoms with Crippen LogP contribution in [0.4, 0.5) is 24.5 Å². The van der Waals surface area contributed by atoms with Crippen LogP contribution in [0.15, 0.2) is 47.3 Å². The van der Waals surface area contributed by atoms with Crippen molar-refractivity contribution in [1.29, 1.82) is 0 Å². The minimum atomic E-state index is -4.48. The van der Waals surface area contributed by atoms with E-state index in [0.29, 0.717) is 16.7 Å². The number of aromatic nitrogens is 2. The molecule has 1 heterocycles. The molecular formula is C15H11F3N4OS. The second-order valence-electron chi connectivity index (χ2n) is 4.96. The quantitative estimate of drug-likeness (QED) is 0.531. The Bertz CT molecular complexity index is 961. The molecule has 3 rings (SSSR count). The number of alkyl halides is 3. The number of thiocarbonyl (C=S) groups is 1. The predicted molar refractivity (Wildman–Crippen MR) is 90.2 cm³/mol. The molecule has 0 aliphatic carbocycles. The molecule has 0 unspecified atom stereocenters. The van der Waals surface area contributed by atoms with Crippen LogP contribution in [-0.4, -0.2) is 15.1 Å². The molecule has 0 atom stereocenters. The molecule has 1 aromatic heterocycles. The summed E-state index contributed by atoms with van der Waals surface area (Å²) in [4.78, 5) is 16.4. The molecule has 0 amide bonds. The van der Waals surface area contributed by atoms with Crippen molar-refractivity contribution >= 4 is 39.7 Å². The number of hydrogen-bond acceptors (Lipinski definition) is 2. The summed E-state index contributed by atoms with van der Waals surface area (Å²) in [7, 11) is 0. The zero-order chi connectivity index (χ0) is 17.3. The average Bonchev–Trinajstić information content (AvgIpc) is 2.86. The van der Waals surface area contributed by atoms with Crippen LogP contribution in [0.25, 0.3) is 11.0 Å². The van der Waals surface area contributed by atoms with Crippen molar-refractivity contribution in [3.05, 3.63) is 58.5 Å². The number of imidazole rings is 1. The third kappa shape index (κ3) is 3.40. The number of benzene rings is 2. The lowest BCUT2D eigenvalue weighted by Crippen LogP contribution is -2.21. The number of fused-ring (bicyclic) bond motifs is 1. The highest BCUT2D eigenvalue weighted by molar-refractivity contribution is 7.80. The summed E-state index contributed by atoms with van der Waals surface area (Å²) in [6.07, 6.45) is -4.48. The van der Waals surface area contributed by atoms with Gasteiger partial charge in [0.1, 0.15) is 0 Å². The fourth-order valence-corrected chi connectivity index (χ4v) is 2.46. The number of halogens is 3. The Balaban J connectivity index is 1.79. The van der Waals surface area contributed by atoms with Crippen LogP contribution in [0.3, 0.4) is 0 Å². The highest BCUT2D eigenvalue weighted by Crippen LogP contribution is 2.34. The first-order valence-electron chi connectivity index (χ1n) is 6.79. The third-order valence-corrected chi connectivity index (χ3v) is 3.46. The lowest BCUT2D eigenvalue weighted by Gasteiger charge is -2.15. The molecule has 0 saturated heterocycles. The molecule has 3 aromatic rings. The van der Waals surface area contributed by atoms with Crippen molar-refractivity contribution in [3.63, 3.8) is 0 Å². The van der Waals surface area contributed by atoms with E-state index < -0.39 is 11.7 Å². The molecule has 5 nitrogen and oxygen atoms in total. The molecule has 124 valence electrons. The Morgan fingerprint density at radius 2 is 1.71 bits per heavy atom. The van der Waals surface area contributed by atoms with Crippen LogP contribution < -0.4 is 16.3 Å². The molecule has 0 bridgehead atoms. The van der Waals surface area contributed by atoms with Crippen LogP contribution >= 0.6 is 12.2 Å². The molecule has 9 heteroatoms. The number of anilines is 2. The van der Waals surface area contributed by atoms with E-state index in [0.717, 1.165) is 6.07 Å². The van der Waals surface area contributed by atoms with E-state index in [9.17, 15) is 18.0 Å². The Hall–Kier alpha value is -2.81.